The molecule has 98 valence electrons. The van der Waals surface area contributed by atoms with Gasteiger partial charge in [-0.3, -0.25) is 4.68 Å². The first-order valence-corrected chi connectivity index (χ1v) is 6.98. The van der Waals surface area contributed by atoms with Gasteiger partial charge in [-0.25, -0.2) is 0 Å². The van der Waals surface area contributed by atoms with Crippen molar-refractivity contribution in [3.8, 4) is 0 Å². The number of methoxy groups -OCH3 is 1. The smallest absolute Gasteiger partial charge is 0.0972 e. The van der Waals surface area contributed by atoms with Crippen LogP contribution in [-0.2, 0) is 18.2 Å². The predicted octanol–water partition coefficient (Wildman–Crippen LogP) is 1.75. The summed E-state index contributed by atoms with van der Waals surface area (Å²) in [5, 5.41) is 5.70. The lowest BCUT2D eigenvalue weighted by Crippen LogP contribution is -2.22. The average molecular weight is 257 g/mol. The fourth-order valence-electron chi connectivity index (χ4n) is 1.72. The van der Waals surface area contributed by atoms with Crippen molar-refractivity contribution in [1.82, 2.24) is 9.78 Å². The lowest BCUT2D eigenvalue weighted by Gasteiger charge is -2.10. The molecule has 1 rings (SSSR count). The Labute approximate surface area is 108 Å². The molecule has 17 heavy (non-hydrogen) atoms. The molecule has 5 heteroatoms. The Hall–Kier alpha value is -0.520. The van der Waals surface area contributed by atoms with Gasteiger partial charge in [-0.2, -0.15) is 5.10 Å². The van der Waals surface area contributed by atoms with Crippen molar-refractivity contribution in [2.24, 2.45) is 12.8 Å². The van der Waals surface area contributed by atoms with Crippen LogP contribution in [0.1, 0.15) is 24.6 Å². The molecule has 1 atom stereocenters. The van der Waals surface area contributed by atoms with Gasteiger partial charge in [0.15, 0.2) is 0 Å². The Morgan fingerprint density at radius 2 is 2.24 bits per heavy atom. The summed E-state index contributed by atoms with van der Waals surface area (Å²) in [5.74, 6) is 0.948. The number of nitrogens with zero attached hydrogens (tertiary/aromatic N) is 2. The minimum absolute atomic E-state index is 0.222. The molecule has 0 bridgehead atoms. The molecule has 2 N–H and O–H groups in total. The van der Waals surface area contributed by atoms with E-state index >= 15 is 0 Å². The van der Waals surface area contributed by atoms with Crippen LogP contribution < -0.4 is 5.73 Å². The van der Waals surface area contributed by atoms with E-state index in [0.29, 0.717) is 0 Å². The molecule has 1 aromatic rings. The third-order valence-electron chi connectivity index (χ3n) is 2.81. The quantitative estimate of drug-likeness (QED) is 0.597. The summed E-state index contributed by atoms with van der Waals surface area (Å²) >= 11 is 1.79. The molecule has 0 amide bonds. The van der Waals surface area contributed by atoms with E-state index in [1.165, 1.54) is 10.6 Å². The van der Waals surface area contributed by atoms with E-state index in [2.05, 4.69) is 18.9 Å². The van der Waals surface area contributed by atoms with Crippen LogP contribution in [0.4, 0.5) is 0 Å². The zero-order chi connectivity index (χ0) is 12.8. The first kappa shape index (κ1) is 14.5. The molecule has 4 nitrogen and oxygen atoms in total. The highest BCUT2D eigenvalue weighted by Crippen LogP contribution is 2.26. The molecule has 0 fully saturated rings. The van der Waals surface area contributed by atoms with Gasteiger partial charge in [0, 0.05) is 31.5 Å². The van der Waals surface area contributed by atoms with E-state index in [0.717, 1.165) is 30.9 Å². The van der Waals surface area contributed by atoms with E-state index in [-0.39, 0.29) is 6.04 Å². The molecule has 0 saturated heterocycles. The summed E-state index contributed by atoms with van der Waals surface area (Å²) in [6, 6.07) is 0.222. The molecule has 0 spiro atoms. The van der Waals surface area contributed by atoms with Gasteiger partial charge in [-0.15, -0.1) is 11.8 Å². The van der Waals surface area contributed by atoms with Gasteiger partial charge in [-0.05, 0) is 19.8 Å². The van der Waals surface area contributed by atoms with Crippen molar-refractivity contribution >= 4 is 11.8 Å². The number of aryl methyl sites for hydroxylation is 2. The average Bonchev–Trinajstić information content (AvgIpc) is 2.56. The summed E-state index contributed by atoms with van der Waals surface area (Å²) in [6.45, 7) is 4.93. The van der Waals surface area contributed by atoms with E-state index in [1.807, 2.05) is 11.7 Å². The third kappa shape index (κ3) is 4.01. The minimum Gasteiger partial charge on any atom is -0.384 e. The van der Waals surface area contributed by atoms with Gasteiger partial charge in [0.1, 0.15) is 0 Å². The first-order valence-electron chi connectivity index (χ1n) is 5.99. The Balaban J connectivity index is 2.78. The molecular weight excluding hydrogens is 234 g/mol. The maximum Gasteiger partial charge on any atom is 0.0972 e. The number of ether oxygens (including phenoxy) is 1. The molecule has 1 unspecified atom stereocenters. The minimum atomic E-state index is 0.222. The fraction of sp³-hybridized carbons (Fsp3) is 0.750. The van der Waals surface area contributed by atoms with Crippen molar-refractivity contribution < 1.29 is 4.74 Å². The summed E-state index contributed by atoms with van der Waals surface area (Å²) in [4.78, 5) is 0. The van der Waals surface area contributed by atoms with Crippen LogP contribution in [0.25, 0.3) is 0 Å². The van der Waals surface area contributed by atoms with Crippen molar-refractivity contribution in [3.63, 3.8) is 0 Å². The van der Waals surface area contributed by atoms with Crippen molar-refractivity contribution in [3.05, 3.63) is 11.3 Å². The van der Waals surface area contributed by atoms with Crippen LogP contribution in [-0.4, -0.2) is 35.3 Å². The molecule has 0 aliphatic carbocycles. The topological polar surface area (TPSA) is 53.1 Å². The summed E-state index contributed by atoms with van der Waals surface area (Å²) in [7, 11) is 3.71. The van der Waals surface area contributed by atoms with Crippen molar-refractivity contribution in [2.75, 3.05) is 19.5 Å². The molecule has 0 aliphatic heterocycles. The van der Waals surface area contributed by atoms with Gasteiger partial charge < -0.3 is 10.5 Å². The first-order chi connectivity index (χ1) is 8.10. The number of hydrogen-bond donors (Lipinski definition) is 1. The molecule has 1 aromatic heterocycles. The van der Waals surface area contributed by atoms with E-state index in [4.69, 9.17) is 10.5 Å². The normalized spacial score (nSPS) is 13.0. The Morgan fingerprint density at radius 1 is 1.53 bits per heavy atom. The van der Waals surface area contributed by atoms with Gasteiger partial charge >= 0.3 is 0 Å². The molecule has 0 radical (unpaired) electrons. The van der Waals surface area contributed by atoms with Gasteiger partial charge in [0.05, 0.1) is 17.3 Å². The summed E-state index contributed by atoms with van der Waals surface area (Å²) in [5.41, 5.74) is 8.42. The highest BCUT2D eigenvalue weighted by molar-refractivity contribution is 7.99. The maximum absolute atomic E-state index is 6.04. The number of aromatic nitrogens is 2. The number of thioether (sulfide) groups is 1. The zero-order valence-electron chi connectivity index (χ0n) is 11.2. The second-order valence-corrected chi connectivity index (χ2v) is 5.29. The van der Waals surface area contributed by atoms with E-state index < -0.39 is 0 Å². The molecule has 0 aromatic carbocycles. The lowest BCUT2D eigenvalue weighted by molar-refractivity contribution is 0.218. The van der Waals surface area contributed by atoms with Gasteiger partial charge in [0.2, 0.25) is 0 Å². The van der Waals surface area contributed by atoms with Gasteiger partial charge in [-0.1, -0.05) is 6.92 Å². The van der Waals surface area contributed by atoms with Crippen molar-refractivity contribution in [1.29, 1.82) is 0 Å². The lowest BCUT2D eigenvalue weighted by atomic mass is 10.1. The molecule has 1 heterocycles. The second kappa shape index (κ2) is 7.03. The molecule has 0 saturated carbocycles. The highest BCUT2D eigenvalue weighted by Gasteiger charge is 2.15. The highest BCUT2D eigenvalue weighted by atomic mass is 32.2. The number of rotatable bonds is 7. The zero-order valence-corrected chi connectivity index (χ0v) is 12.0. The van der Waals surface area contributed by atoms with Crippen LogP contribution in [0.3, 0.4) is 0 Å². The Kier molecular flexibility index (Phi) is 6.02. The predicted molar refractivity (Wildman–Crippen MR) is 72.5 cm³/mol. The monoisotopic (exact) mass is 257 g/mol. The molecular formula is C12H23N3OS. The second-order valence-electron chi connectivity index (χ2n) is 4.21. The van der Waals surface area contributed by atoms with Crippen LogP contribution in [0.15, 0.2) is 5.03 Å². The van der Waals surface area contributed by atoms with E-state index in [9.17, 15) is 0 Å². The van der Waals surface area contributed by atoms with Crippen LogP contribution in [0, 0.1) is 6.92 Å². The summed E-state index contributed by atoms with van der Waals surface area (Å²) in [6.07, 6.45) is 1.90. The fourth-order valence-corrected chi connectivity index (χ4v) is 2.80. The Bertz CT molecular complexity index is 352. The third-order valence-corrected chi connectivity index (χ3v) is 3.96. The van der Waals surface area contributed by atoms with Crippen LogP contribution >= 0.6 is 11.8 Å². The van der Waals surface area contributed by atoms with Crippen LogP contribution in [0.2, 0.25) is 0 Å². The largest absolute Gasteiger partial charge is 0.384 e. The van der Waals surface area contributed by atoms with Gasteiger partial charge in [0.25, 0.3) is 0 Å². The maximum atomic E-state index is 6.04. The number of hydrogen-bond acceptors (Lipinski definition) is 4. The number of nitrogens with two attached hydrogens (primary N) is 1. The SMILES string of the molecule is CCC(N)Cc1c(C)nn(C)c1SCCOC. The Morgan fingerprint density at radius 3 is 2.82 bits per heavy atom. The van der Waals surface area contributed by atoms with Crippen molar-refractivity contribution in [2.45, 2.75) is 37.8 Å². The standard InChI is InChI=1S/C12H23N3OS/c1-5-10(13)8-11-9(2)14-15(3)12(11)17-7-6-16-4/h10H,5-8,13H2,1-4H3. The summed E-state index contributed by atoms with van der Waals surface area (Å²) < 4.78 is 7.03. The van der Waals surface area contributed by atoms with Crippen LogP contribution in [0.5, 0.6) is 0 Å². The van der Waals surface area contributed by atoms with E-state index in [1.54, 1.807) is 18.9 Å². The molecule has 0 aliphatic rings.